The number of amides is 1. The summed E-state index contributed by atoms with van der Waals surface area (Å²) in [6.07, 6.45) is 0.430. The van der Waals surface area contributed by atoms with Gasteiger partial charge in [-0.1, -0.05) is 6.92 Å². The van der Waals surface area contributed by atoms with E-state index in [-0.39, 0.29) is 11.7 Å². The number of hydrogen-bond acceptors (Lipinski definition) is 4. The van der Waals surface area contributed by atoms with Gasteiger partial charge in [-0.05, 0) is 48.5 Å². The van der Waals surface area contributed by atoms with E-state index < -0.39 is 0 Å². The Morgan fingerprint density at radius 2 is 1.70 bits per heavy atom. The molecule has 120 valence electrons. The maximum atomic E-state index is 12.2. The summed E-state index contributed by atoms with van der Waals surface area (Å²) >= 11 is 1.49. The minimum absolute atomic E-state index is 0.0425. The Bertz CT molecular complexity index is 666. The Kier molecular flexibility index (Phi) is 6.23. The van der Waals surface area contributed by atoms with Gasteiger partial charge in [-0.25, -0.2) is 0 Å². The third-order valence-corrected chi connectivity index (χ3v) is 4.25. The number of hydrogen-bond donors (Lipinski definition) is 1. The van der Waals surface area contributed by atoms with E-state index in [0.717, 1.165) is 10.6 Å². The molecule has 0 fully saturated rings. The van der Waals surface area contributed by atoms with Crippen molar-refractivity contribution >= 4 is 29.1 Å². The zero-order valence-corrected chi connectivity index (χ0v) is 14.0. The number of nitrogens with one attached hydrogen (secondary N) is 1. The summed E-state index contributed by atoms with van der Waals surface area (Å²) in [4.78, 5) is 24.5. The molecule has 0 heterocycles. The molecule has 0 saturated carbocycles. The van der Waals surface area contributed by atoms with E-state index in [1.54, 1.807) is 38.3 Å². The SMILES string of the molecule is CCC(=O)Nc1ccc(C(=O)CSc2ccc(OC)cc2)cc1. The first kappa shape index (κ1) is 17.1. The molecule has 2 rings (SSSR count). The molecule has 4 nitrogen and oxygen atoms in total. The summed E-state index contributed by atoms with van der Waals surface area (Å²) in [6.45, 7) is 1.80. The van der Waals surface area contributed by atoms with Crippen LogP contribution in [-0.4, -0.2) is 24.6 Å². The average Bonchev–Trinajstić information content (AvgIpc) is 2.60. The van der Waals surface area contributed by atoms with E-state index in [4.69, 9.17) is 4.74 Å². The van der Waals surface area contributed by atoms with E-state index in [0.29, 0.717) is 23.4 Å². The smallest absolute Gasteiger partial charge is 0.224 e. The van der Waals surface area contributed by atoms with Crippen LogP contribution >= 0.6 is 11.8 Å². The van der Waals surface area contributed by atoms with Crippen molar-refractivity contribution in [3.05, 3.63) is 54.1 Å². The number of methoxy groups -OCH3 is 1. The molecule has 0 unspecified atom stereocenters. The normalized spacial score (nSPS) is 10.2. The molecule has 0 aliphatic rings. The van der Waals surface area contributed by atoms with Gasteiger partial charge in [0, 0.05) is 22.6 Å². The second-order valence-corrected chi connectivity index (χ2v) is 5.92. The lowest BCUT2D eigenvalue weighted by molar-refractivity contribution is -0.115. The van der Waals surface area contributed by atoms with E-state index in [2.05, 4.69) is 5.32 Å². The van der Waals surface area contributed by atoms with Crippen LogP contribution in [0.3, 0.4) is 0 Å². The van der Waals surface area contributed by atoms with E-state index in [1.165, 1.54) is 11.8 Å². The number of benzene rings is 2. The molecule has 5 heteroatoms. The molecule has 1 amide bonds. The Hall–Kier alpha value is -2.27. The average molecular weight is 329 g/mol. The lowest BCUT2D eigenvalue weighted by atomic mass is 10.1. The van der Waals surface area contributed by atoms with Crippen molar-refractivity contribution in [2.24, 2.45) is 0 Å². The largest absolute Gasteiger partial charge is 0.497 e. The van der Waals surface area contributed by atoms with Crippen molar-refractivity contribution < 1.29 is 14.3 Å². The zero-order valence-electron chi connectivity index (χ0n) is 13.2. The predicted octanol–water partition coefficient (Wildman–Crippen LogP) is 4.02. The second kappa shape index (κ2) is 8.39. The van der Waals surface area contributed by atoms with Crippen molar-refractivity contribution in [3.63, 3.8) is 0 Å². The van der Waals surface area contributed by atoms with Crippen LogP contribution in [0.5, 0.6) is 5.75 Å². The minimum Gasteiger partial charge on any atom is -0.497 e. The zero-order chi connectivity index (χ0) is 16.7. The summed E-state index contributed by atoms with van der Waals surface area (Å²) in [6, 6.07) is 14.6. The fraction of sp³-hybridized carbons (Fsp3) is 0.222. The first-order valence-corrected chi connectivity index (χ1v) is 8.31. The van der Waals surface area contributed by atoms with Gasteiger partial charge in [0.25, 0.3) is 0 Å². The molecule has 0 atom stereocenters. The van der Waals surface area contributed by atoms with Gasteiger partial charge >= 0.3 is 0 Å². The van der Waals surface area contributed by atoms with Crippen LogP contribution < -0.4 is 10.1 Å². The third kappa shape index (κ3) is 5.14. The standard InChI is InChI=1S/C18H19NO3S/c1-3-18(21)19-14-6-4-13(5-7-14)17(20)12-23-16-10-8-15(22-2)9-11-16/h4-11H,3,12H2,1-2H3,(H,19,21). The minimum atomic E-state index is -0.0425. The predicted molar refractivity (Wildman–Crippen MR) is 93.4 cm³/mol. The highest BCUT2D eigenvalue weighted by atomic mass is 32.2. The quantitative estimate of drug-likeness (QED) is 0.616. The van der Waals surface area contributed by atoms with Gasteiger partial charge in [0.1, 0.15) is 5.75 Å². The molecule has 0 aliphatic carbocycles. The number of anilines is 1. The molecule has 0 radical (unpaired) electrons. The first-order chi connectivity index (χ1) is 11.1. The Balaban J connectivity index is 1.90. The fourth-order valence-corrected chi connectivity index (χ4v) is 2.69. The first-order valence-electron chi connectivity index (χ1n) is 7.32. The molecule has 1 N–H and O–H groups in total. The lowest BCUT2D eigenvalue weighted by Crippen LogP contribution is -2.09. The molecule has 2 aromatic carbocycles. The highest BCUT2D eigenvalue weighted by Gasteiger charge is 2.07. The van der Waals surface area contributed by atoms with Gasteiger partial charge in [-0.15, -0.1) is 11.8 Å². The van der Waals surface area contributed by atoms with Crippen LogP contribution in [0.1, 0.15) is 23.7 Å². The second-order valence-electron chi connectivity index (χ2n) is 4.87. The van der Waals surface area contributed by atoms with Gasteiger partial charge in [0.15, 0.2) is 5.78 Å². The van der Waals surface area contributed by atoms with Crippen LogP contribution in [0.4, 0.5) is 5.69 Å². The number of rotatable bonds is 7. The van der Waals surface area contributed by atoms with Crippen LogP contribution in [0.25, 0.3) is 0 Å². The molecule has 0 aromatic heterocycles. The summed E-state index contributed by atoms with van der Waals surface area (Å²) in [5.41, 5.74) is 1.34. The van der Waals surface area contributed by atoms with E-state index >= 15 is 0 Å². The summed E-state index contributed by atoms with van der Waals surface area (Å²) in [7, 11) is 1.62. The molecular formula is C18H19NO3S. The number of Topliss-reactive ketones (excluding diaryl/α,β-unsaturated/α-hetero) is 1. The fourth-order valence-electron chi connectivity index (χ4n) is 1.89. The van der Waals surface area contributed by atoms with Crippen LogP contribution in [0.15, 0.2) is 53.4 Å². The Morgan fingerprint density at radius 3 is 2.26 bits per heavy atom. The topological polar surface area (TPSA) is 55.4 Å². The van der Waals surface area contributed by atoms with Crippen molar-refractivity contribution in [1.29, 1.82) is 0 Å². The van der Waals surface area contributed by atoms with Crippen LogP contribution in [0.2, 0.25) is 0 Å². The van der Waals surface area contributed by atoms with Gasteiger partial charge in [-0.2, -0.15) is 0 Å². The number of carbonyl (C=O) groups excluding carboxylic acids is 2. The highest BCUT2D eigenvalue weighted by Crippen LogP contribution is 2.22. The maximum absolute atomic E-state index is 12.2. The monoisotopic (exact) mass is 329 g/mol. The summed E-state index contributed by atoms with van der Waals surface area (Å²) < 4.78 is 5.10. The Labute approximate surface area is 140 Å². The molecular weight excluding hydrogens is 310 g/mol. The van der Waals surface area contributed by atoms with Crippen LogP contribution in [-0.2, 0) is 4.79 Å². The lowest BCUT2D eigenvalue weighted by Gasteiger charge is -2.06. The van der Waals surface area contributed by atoms with Gasteiger partial charge < -0.3 is 10.1 Å². The number of ether oxygens (including phenoxy) is 1. The van der Waals surface area contributed by atoms with Crippen molar-refractivity contribution in [1.82, 2.24) is 0 Å². The Morgan fingerprint density at radius 1 is 1.04 bits per heavy atom. The van der Waals surface area contributed by atoms with Crippen molar-refractivity contribution in [2.75, 3.05) is 18.2 Å². The molecule has 2 aromatic rings. The number of ketones is 1. The molecule has 0 saturated heterocycles. The molecule has 0 bridgehead atoms. The molecule has 23 heavy (non-hydrogen) atoms. The maximum Gasteiger partial charge on any atom is 0.224 e. The number of thioether (sulfide) groups is 1. The van der Waals surface area contributed by atoms with Gasteiger partial charge in [0.05, 0.1) is 12.9 Å². The van der Waals surface area contributed by atoms with Gasteiger partial charge in [0.2, 0.25) is 5.91 Å². The van der Waals surface area contributed by atoms with Crippen molar-refractivity contribution in [2.45, 2.75) is 18.2 Å². The molecule has 0 aliphatic heterocycles. The van der Waals surface area contributed by atoms with E-state index in [1.807, 2.05) is 24.3 Å². The summed E-state index contributed by atoms with van der Waals surface area (Å²) in [5.74, 6) is 1.18. The third-order valence-electron chi connectivity index (χ3n) is 3.24. The van der Waals surface area contributed by atoms with Crippen LogP contribution in [0, 0.1) is 0 Å². The van der Waals surface area contributed by atoms with Gasteiger partial charge in [-0.3, -0.25) is 9.59 Å². The van der Waals surface area contributed by atoms with E-state index in [9.17, 15) is 9.59 Å². The number of carbonyl (C=O) groups is 2. The molecule has 0 spiro atoms. The van der Waals surface area contributed by atoms with Crippen molar-refractivity contribution in [3.8, 4) is 5.75 Å². The summed E-state index contributed by atoms with van der Waals surface area (Å²) in [5, 5.41) is 2.76. The highest BCUT2D eigenvalue weighted by molar-refractivity contribution is 8.00.